The lowest BCUT2D eigenvalue weighted by Gasteiger charge is -2.26. The molecule has 0 fully saturated rings. The van der Waals surface area contributed by atoms with Crippen LogP contribution in [-0.2, 0) is 67.2 Å². The van der Waals surface area contributed by atoms with E-state index in [2.05, 4.69) is 47.2 Å². The Labute approximate surface area is 497 Å². The van der Waals surface area contributed by atoms with Crippen molar-refractivity contribution >= 4 is 93.1 Å². The number of hydrogen-bond donors (Lipinski definition) is 13. The quantitative estimate of drug-likeness (QED) is 0.0174. The number of phenolic OH excluding ortho intramolecular Hbond substituents is 1. The van der Waals surface area contributed by atoms with E-state index in [1.807, 2.05) is 38.1 Å². The maximum atomic E-state index is 14.2. The number of urea groups is 1. The van der Waals surface area contributed by atoms with Crippen molar-refractivity contribution in [3.8, 4) is 5.75 Å². The zero-order valence-electron chi connectivity index (χ0n) is 48.3. The van der Waals surface area contributed by atoms with Gasteiger partial charge < -0.3 is 69.6 Å². The maximum absolute atomic E-state index is 14.2. The van der Waals surface area contributed by atoms with E-state index in [0.29, 0.717) is 22.6 Å². The van der Waals surface area contributed by atoms with Crippen LogP contribution in [-0.4, -0.2) is 142 Å². The third-order valence-corrected chi connectivity index (χ3v) is 14.2. The Morgan fingerprint density at radius 1 is 0.647 bits per heavy atom. The second kappa shape index (κ2) is 34.2. The third kappa shape index (κ3) is 23.8. The molecule has 8 atom stereocenters. The molecule has 4 aromatic rings. The number of H-pyrrole nitrogens is 1. The Balaban J connectivity index is 1.46. The molecule has 460 valence electrons. The fourth-order valence-corrected chi connectivity index (χ4v) is 9.46. The van der Waals surface area contributed by atoms with Crippen molar-refractivity contribution < 1.29 is 63.0 Å². The molecule has 0 aliphatic rings. The van der Waals surface area contributed by atoms with E-state index in [4.69, 9.17) is 28.8 Å². The molecule has 85 heavy (non-hydrogen) atoms. The van der Waals surface area contributed by atoms with Crippen LogP contribution in [0.1, 0.15) is 95.8 Å². The predicted molar refractivity (Wildman–Crippen MR) is 317 cm³/mol. The second-order valence-electron chi connectivity index (χ2n) is 21.3. The largest absolute Gasteiger partial charge is 0.508 e. The van der Waals surface area contributed by atoms with Gasteiger partial charge in [-0.3, -0.25) is 52.9 Å². The number of carbonyl (C=O) groups is 11. The fourth-order valence-electron chi connectivity index (χ4n) is 9.33. The van der Waals surface area contributed by atoms with Crippen LogP contribution in [0, 0.1) is 17.8 Å². The lowest BCUT2D eigenvalue weighted by molar-refractivity contribution is -0.137. The molecule has 25 nitrogen and oxygen atoms in total. The highest BCUT2D eigenvalue weighted by atomic mass is 35.5. The Bertz CT molecular complexity index is 3020. The van der Waals surface area contributed by atoms with Crippen LogP contribution < -0.4 is 54.4 Å². The van der Waals surface area contributed by atoms with Gasteiger partial charge in [0.05, 0.1) is 49.2 Å². The third-order valence-electron chi connectivity index (χ3n) is 13.9. The number of nitrogens with two attached hydrogens (primary N) is 3. The predicted octanol–water partition coefficient (Wildman–Crippen LogP) is 1.35. The summed E-state index contributed by atoms with van der Waals surface area (Å²) in [5, 5.41) is 39.9. The van der Waals surface area contributed by atoms with Gasteiger partial charge in [-0.05, 0) is 92.0 Å². The Kier molecular flexibility index (Phi) is 27.6. The van der Waals surface area contributed by atoms with Crippen molar-refractivity contribution in [3.05, 3.63) is 101 Å². The molecule has 1 aromatic heterocycles. The first kappa shape index (κ1) is 68.8. The van der Waals surface area contributed by atoms with E-state index in [9.17, 15) is 63.0 Å². The minimum Gasteiger partial charge on any atom is -0.508 e. The number of fused-ring (bicyclic) bond motifs is 1. The number of benzene rings is 3. The van der Waals surface area contributed by atoms with Crippen LogP contribution >= 0.6 is 11.6 Å². The number of rotatable bonds is 36. The lowest BCUT2D eigenvalue weighted by atomic mass is 9.90. The van der Waals surface area contributed by atoms with Gasteiger partial charge in [-0.1, -0.05) is 67.9 Å². The average molecular weight is 1200 g/mol. The summed E-state index contributed by atoms with van der Waals surface area (Å²) in [4.78, 5) is 154. The van der Waals surface area contributed by atoms with Crippen LogP contribution in [0.25, 0.3) is 10.9 Å². The molecule has 0 spiro atoms. The molecule has 16 N–H and O–H groups in total. The van der Waals surface area contributed by atoms with E-state index in [1.165, 1.54) is 33.0 Å². The molecule has 1 heterocycles. The zero-order valence-corrected chi connectivity index (χ0v) is 49.1. The van der Waals surface area contributed by atoms with Crippen molar-refractivity contribution in [1.29, 1.82) is 0 Å². The summed E-state index contributed by atoms with van der Waals surface area (Å²) < 4.78 is 0. The number of ketones is 4. The number of para-hydroxylation sites is 1. The Hall–Kier alpha value is -8.71. The number of carbonyl (C=O) groups excluding carboxylic acids is 11. The van der Waals surface area contributed by atoms with Crippen LogP contribution in [0.4, 0.5) is 4.79 Å². The molecular formula is C59H79ClN12O13. The first-order valence-electron chi connectivity index (χ1n) is 27.8. The fraction of sp³-hybridized carbons (Fsp3) is 0.458. The standard InChI is InChI=1S/C59H79ClN12O13/c1-32(2)23-44(50(77)27-37(9-8-22-65-58(63)64-5)56(83)71-48(55(62)82)26-38-30-66-43-11-7-6-10-41(38)43)72-59(85)67-31-52(79)46(25-35-12-16-39(60)17-13-35)70-57(84)42(33(3)73)28-51(78)47(29-53(61)80)69-54(81)21-20-49(76)45(68-34(4)74)24-36-14-18-40(75)19-15-36/h6-7,10-19,30,32-33,37,42,44-48,66,73,75H,8-9,20-29,31H2,1-5H3,(H2,61,80)(H2,62,82)(H,68,74)(H,69,81)(H,70,84)(H,71,83)(H3,63,64,65)(H2,67,72,85)/t33-,37-,42+,44+,45-,46+,47+,48+/m1/s1. The highest BCUT2D eigenvalue weighted by molar-refractivity contribution is 6.30. The monoisotopic (exact) mass is 1200 g/mol. The number of aromatic hydroxyl groups is 1. The van der Waals surface area contributed by atoms with Crippen LogP contribution in [0.5, 0.6) is 5.75 Å². The van der Waals surface area contributed by atoms with Crippen molar-refractivity contribution in [2.75, 3.05) is 20.1 Å². The highest BCUT2D eigenvalue weighted by Crippen LogP contribution is 2.22. The van der Waals surface area contributed by atoms with Gasteiger partial charge in [0.25, 0.3) is 0 Å². The van der Waals surface area contributed by atoms with E-state index >= 15 is 0 Å². The van der Waals surface area contributed by atoms with Gasteiger partial charge in [-0.2, -0.15) is 0 Å². The number of nitrogens with zero attached hydrogens (tertiary/aromatic N) is 1. The summed E-state index contributed by atoms with van der Waals surface area (Å²) in [6.45, 7) is 5.62. The number of aliphatic hydroxyl groups is 1. The summed E-state index contributed by atoms with van der Waals surface area (Å²) in [5.41, 5.74) is 19.7. The van der Waals surface area contributed by atoms with Crippen LogP contribution in [0.2, 0.25) is 5.02 Å². The SMILES string of the molecule is CN=C(N)NCCC[C@H](CC(=O)[C@H](CC(C)C)NC(=O)NCC(=O)[C@H](Cc1ccc(Cl)cc1)NC(=O)[C@@H](CC(=O)[C@H](CC(N)=O)NC(=O)CCC(=O)[C@@H](Cc1ccc(O)cc1)NC(C)=O)[C@@H](C)O)C(=O)N[C@@H](Cc1c[nH]c2ccccc12)C(N)=O. The summed E-state index contributed by atoms with van der Waals surface area (Å²) in [6.07, 6.45) is -2.06. The van der Waals surface area contributed by atoms with Gasteiger partial charge in [0, 0.05) is 80.7 Å². The minimum absolute atomic E-state index is 0.00911. The average Bonchev–Trinajstić information content (AvgIpc) is 3.12. The number of nitrogens with one attached hydrogen (secondary N) is 8. The topological polar surface area (TPSA) is 419 Å². The highest BCUT2D eigenvalue weighted by Gasteiger charge is 2.35. The smallest absolute Gasteiger partial charge is 0.315 e. The number of guanidine groups is 1. The molecule has 0 bridgehead atoms. The Morgan fingerprint density at radius 2 is 1.26 bits per heavy atom. The van der Waals surface area contributed by atoms with Gasteiger partial charge in [-0.15, -0.1) is 0 Å². The summed E-state index contributed by atoms with van der Waals surface area (Å²) >= 11 is 6.12. The molecule has 8 amide bonds. The van der Waals surface area contributed by atoms with Crippen molar-refractivity contribution in [1.82, 2.24) is 42.2 Å². The molecule has 0 aliphatic heterocycles. The minimum atomic E-state index is -1.61. The Morgan fingerprint density at radius 3 is 1.86 bits per heavy atom. The van der Waals surface area contributed by atoms with E-state index in [1.54, 1.807) is 42.6 Å². The van der Waals surface area contributed by atoms with Crippen molar-refractivity contribution in [2.24, 2.45) is 39.9 Å². The molecule has 0 saturated heterocycles. The van der Waals surface area contributed by atoms with E-state index in [0.717, 1.165) is 16.5 Å². The molecule has 26 heteroatoms. The summed E-state index contributed by atoms with van der Waals surface area (Å²) in [7, 11) is 1.49. The van der Waals surface area contributed by atoms with Crippen LogP contribution in [0.3, 0.4) is 0 Å². The van der Waals surface area contributed by atoms with E-state index in [-0.39, 0.29) is 62.7 Å². The molecule has 3 aromatic carbocycles. The summed E-state index contributed by atoms with van der Waals surface area (Å²) in [6, 6.07) is 12.3. The zero-order chi connectivity index (χ0) is 62.9. The molecule has 0 aliphatic carbocycles. The van der Waals surface area contributed by atoms with Crippen LogP contribution in [0.15, 0.2) is 84.0 Å². The molecule has 0 unspecified atom stereocenters. The number of phenols is 1. The van der Waals surface area contributed by atoms with Gasteiger partial charge in [0.15, 0.2) is 29.1 Å². The molecule has 4 rings (SSSR count). The normalized spacial score (nSPS) is 14.2. The first-order valence-corrected chi connectivity index (χ1v) is 28.2. The number of amides is 8. The number of aliphatic imine (C=N–C) groups is 1. The first-order chi connectivity index (χ1) is 40.2. The number of Topliss-reactive ketones (excluding diaryl/α,β-unsaturated/α-hetero) is 4. The molecule has 0 saturated carbocycles. The van der Waals surface area contributed by atoms with Gasteiger partial charge >= 0.3 is 6.03 Å². The van der Waals surface area contributed by atoms with Gasteiger partial charge in [0.2, 0.25) is 35.4 Å². The number of hydrogen-bond acceptors (Lipinski definition) is 14. The maximum Gasteiger partial charge on any atom is 0.315 e. The number of aliphatic hydroxyl groups excluding tert-OH is 1. The summed E-state index contributed by atoms with van der Waals surface area (Å²) in [5.74, 6) is -10.1. The van der Waals surface area contributed by atoms with Crippen molar-refractivity contribution in [2.45, 2.75) is 135 Å². The number of halogens is 1. The second-order valence-corrected chi connectivity index (χ2v) is 21.8. The van der Waals surface area contributed by atoms with E-state index < -0.39 is 145 Å². The number of aromatic nitrogens is 1. The molecule has 0 radical (unpaired) electrons. The molecular weight excluding hydrogens is 1120 g/mol. The number of aromatic amines is 1. The van der Waals surface area contributed by atoms with Gasteiger partial charge in [0.1, 0.15) is 11.8 Å². The van der Waals surface area contributed by atoms with Gasteiger partial charge in [-0.25, -0.2) is 4.79 Å². The lowest BCUT2D eigenvalue weighted by Crippen LogP contribution is -2.53. The van der Waals surface area contributed by atoms with Crippen molar-refractivity contribution in [3.63, 3.8) is 0 Å². The number of primary amides is 2.